The fourth-order valence-corrected chi connectivity index (χ4v) is 5.65. The summed E-state index contributed by atoms with van der Waals surface area (Å²) in [6.07, 6.45) is 5.60. The van der Waals surface area contributed by atoms with Crippen LogP contribution in [0.25, 0.3) is 0 Å². The molecular weight excluding hydrogens is 474 g/mol. The fraction of sp³-hybridized carbons (Fsp3) is 0.364. The Bertz CT molecular complexity index is 878. The zero-order valence-corrected chi connectivity index (χ0v) is 20.8. The Hall–Kier alpha value is -1.30. The van der Waals surface area contributed by atoms with Gasteiger partial charge < -0.3 is 15.2 Å². The number of carbonyl (C=O) groups excluding carboxylic acids is 2. The number of nitrogens with one attached hydrogen (secondary N) is 2. The van der Waals surface area contributed by atoms with Crippen molar-refractivity contribution < 1.29 is 14.7 Å². The Labute approximate surface area is 199 Å². The van der Waals surface area contributed by atoms with Gasteiger partial charge in [0.1, 0.15) is 12.0 Å². The van der Waals surface area contributed by atoms with Gasteiger partial charge in [-0.2, -0.15) is 0 Å². The van der Waals surface area contributed by atoms with E-state index in [-0.39, 0.29) is 21.4 Å². The third-order valence-electron chi connectivity index (χ3n) is 4.75. The number of halogens is 2. The number of phenolic OH excluding ortho intramolecular Hbond substituents is 1. The van der Waals surface area contributed by atoms with E-state index in [1.165, 1.54) is 11.9 Å². The SMILES string of the molecule is CSNCCCC(C=O)NC(=O)c1c(Cl)cc(CCP(C)c2cccc(O)c2)cc1Cl. The topological polar surface area (TPSA) is 78.4 Å². The van der Waals surface area contributed by atoms with E-state index < -0.39 is 19.9 Å². The molecule has 2 aromatic rings. The quantitative estimate of drug-likeness (QED) is 0.171. The summed E-state index contributed by atoms with van der Waals surface area (Å²) >= 11 is 14.3. The van der Waals surface area contributed by atoms with Gasteiger partial charge in [-0.05, 0) is 73.5 Å². The summed E-state index contributed by atoms with van der Waals surface area (Å²) in [7, 11) is -0.449. The lowest BCUT2D eigenvalue weighted by Gasteiger charge is -2.16. The number of amides is 1. The number of hydrogen-bond donors (Lipinski definition) is 3. The minimum absolute atomic E-state index is 0.188. The third kappa shape index (κ3) is 8.28. The van der Waals surface area contributed by atoms with Crippen LogP contribution >= 0.6 is 43.1 Å². The lowest BCUT2D eigenvalue weighted by Crippen LogP contribution is -2.36. The van der Waals surface area contributed by atoms with Crippen molar-refractivity contribution >= 4 is 60.6 Å². The summed E-state index contributed by atoms with van der Waals surface area (Å²) in [5.74, 6) is -0.184. The van der Waals surface area contributed by atoms with E-state index in [4.69, 9.17) is 23.2 Å². The first kappa shape index (κ1) is 26.0. The lowest BCUT2D eigenvalue weighted by molar-refractivity contribution is -0.109. The number of phenols is 1. The van der Waals surface area contributed by atoms with Gasteiger partial charge in [0.2, 0.25) is 0 Å². The first-order valence-corrected chi connectivity index (χ1v) is 13.8. The molecule has 0 saturated carbocycles. The van der Waals surface area contributed by atoms with Gasteiger partial charge in [0.25, 0.3) is 5.91 Å². The van der Waals surface area contributed by atoms with Crippen molar-refractivity contribution in [1.82, 2.24) is 10.0 Å². The van der Waals surface area contributed by atoms with Crippen molar-refractivity contribution in [2.24, 2.45) is 0 Å². The highest BCUT2D eigenvalue weighted by Crippen LogP contribution is 2.33. The maximum Gasteiger partial charge on any atom is 0.254 e. The van der Waals surface area contributed by atoms with Gasteiger partial charge in [-0.1, -0.05) is 55.2 Å². The largest absolute Gasteiger partial charge is 0.508 e. The number of aromatic hydroxyl groups is 1. The van der Waals surface area contributed by atoms with Crippen LogP contribution in [0.3, 0.4) is 0 Å². The van der Waals surface area contributed by atoms with Gasteiger partial charge in [0.05, 0.1) is 21.7 Å². The molecule has 0 saturated heterocycles. The Morgan fingerprint density at radius 3 is 2.58 bits per heavy atom. The van der Waals surface area contributed by atoms with Gasteiger partial charge in [0, 0.05) is 6.54 Å². The molecule has 2 rings (SSSR count). The number of carbonyl (C=O) groups is 2. The van der Waals surface area contributed by atoms with E-state index in [1.54, 1.807) is 24.3 Å². The first-order chi connectivity index (χ1) is 14.8. The van der Waals surface area contributed by atoms with E-state index in [9.17, 15) is 14.7 Å². The van der Waals surface area contributed by atoms with Crippen molar-refractivity contribution in [1.29, 1.82) is 0 Å². The minimum atomic E-state index is -0.589. The molecule has 2 aromatic carbocycles. The second kappa shape index (κ2) is 13.3. The summed E-state index contributed by atoms with van der Waals surface area (Å²) < 4.78 is 3.10. The maximum atomic E-state index is 12.7. The second-order valence-corrected chi connectivity index (χ2v) is 11.0. The molecule has 9 heteroatoms. The fourth-order valence-electron chi connectivity index (χ4n) is 3.05. The van der Waals surface area contributed by atoms with Crippen molar-refractivity contribution in [3.63, 3.8) is 0 Å². The normalized spacial score (nSPS) is 12.9. The van der Waals surface area contributed by atoms with Gasteiger partial charge in [-0.25, -0.2) is 0 Å². The molecule has 0 aliphatic rings. The van der Waals surface area contributed by atoms with Crippen LogP contribution < -0.4 is 15.3 Å². The average molecular weight is 501 g/mol. The highest BCUT2D eigenvalue weighted by atomic mass is 35.5. The van der Waals surface area contributed by atoms with Crippen LogP contribution in [0.1, 0.15) is 28.8 Å². The summed E-state index contributed by atoms with van der Waals surface area (Å²) in [6.45, 7) is 2.91. The van der Waals surface area contributed by atoms with Gasteiger partial charge in [0.15, 0.2) is 0 Å². The zero-order chi connectivity index (χ0) is 22.8. The summed E-state index contributed by atoms with van der Waals surface area (Å²) in [6, 6.07) is 10.2. The summed E-state index contributed by atoms with van der Waals surface area (Å²) in [5, 5.41) is 14.0. The molecule has 5 nitrogen and oxygen atoms in total. The van der Waals surface area contributed by atoms with E-state index in [0.717, 1.165) is 42.7 Å². The first-order valence-electron chi connectivity index (χ1n) is 9.85. The molecular formula is C22H27Cl2N2O3PS. The van der Waals surface area contributed by atoms with E-state index in [0.29, 0.717) is 6.42 Å². The van der Waals surface area contributed by atoms with Crippen LogP contribution in [0.4, 0.5) is 0 Å². The van der Waals surface area contributed by atoms with Crippen LogP contribution in [0, 0.1) is 0 Å². The van der Waals surface area contributed by atoms with Crippen molar-refractivity contribution in [3.8, 4) is 5.75 Å². The molecule has 3 N–H and O–H groups in total. The van der Waals surface area contributed by atoms with Crippen LogP contribution in [0.5, 0.6) is 5.75 Å². The van der Waals surface area contributed by atoms with Crippen LogP contribution in [-0.4, -0.2) is 49.0 Å². The molecule has 0 aliphatic heterocycles. The van der Waals surface area contributed by atoms with Crippen molar-refractivity contribution in [3.05, 3.63) is 57.6 Å². The van der Waals surface area contributed by atoms with Gasteiger partial charge in [-0.3, -0.25) is 9.52 Å². The standard InChI is InChI=1S/C22H27Cl2N2O3PS/c1-30(18-7-3-6-17(28)13-18)10-8-15-11-19(23)21(20(24)12-15)22(29)26-16(14-27)5-4-9-25-31-2/h3,6-7,11-14,16,25,28H,4-5,8-10H2,1-2H3,(H,26,29). The lowest BCUT2D eigenvalue weighted by atomic mass is 10.1. The molecule has 0 fully saturated rings. The molecule has 0 spiro atoms. The van der Waals surface area contributed by atoms with E-state index in [1.807, 2.05) is 18.4 Å². The number of hydrogen-bond acceptors (Lipinski definition) is 5. The molecule has 1 amide bonds. The Balaban J connectivity index is 2.00. The predicted molar refractivity (Wildman–Crippen MR) is 134 cm³/mol. The Kier molecular flexibility index (Phi) is 11.1. The smallest absolute Gasteiger partial charge is 0.254 e. The second-order valence-electron chi connectivity index (χ2n) is 7.08. The van der Waals surface area contributed by atoms with E-state index in [2.05, 4.69) is 16.7 Å². The number of aryl methyl sites for hydroxylation is 1. The molecule has 0 bridgehead atoms. The molecule has 0 aromatic heterocycles. The molecule has 0 radical (unpaired) electrons. The molecule has 0 heterocycles. The van der Waals surface area contributed by atoms with Crippen LogP contribution in [-0.2, 0) is 11.2 Å². The maximum absolute atomic E-state index is 12.7. The predicted octanol–water partition coefficient (Wildman–Crippen LogP) is 4.62. The summed E-state index contributed by atoms with van der Waals surface area (Å²) in [4.78, 5) is 24.0. The molecule has 31 heavy (non-hydrogen) atoms. The van der Waals surface area contributed by atoms with Gasteiger partial charge >= 0.3 is 0 Å². The van der Waals surface area contributed by atoms with Crippen LogP contribution in [0.2, 0.25) is 10.0 Å². The molecule has 168 valence electrons. The Morgan fingerprint density at radius 1 is 1.26 bits per heavy atom. The zero-order valence-electron chi connectivity index (χ0n) is 17.5. The average Bonchev–Trinajstić information content (AvgIpc) is 2.73. The number of rotatable bonds is 12. The van der Waals surface area contributed by atoms with Gasteiger partial charge in [-0.15, -0.1) is 0 Å². The third-order valence-corrected chi connectivity index (χ3v) is 7.90. The molecule has 0 aliphatic carbocycles. The van der Waals surface area contributed by atoms with Crippen molar-refractivity contribution in [2.45, 2.75) is 25.3 Å². The van der Waals surface area contributed by atoms with Crippen molar-refractivity contribution in [2.75, 3.05) is 25.6 Å². The highest BCUT2D eigenvalue weighted by Gasteiger charge is 2.19. The molecule has 2 unspecified atom stereocenters. The number of aldehydes is 1. The minimum Gasteiger partial charge on any atom is -0.508 e. The monoisotopic (exact) mass is 500 g/mol. The Morgan fingerprint density at radius 2 is 1.97 bits per heavy atom. The van der Waals surface area contributed by atoms with Crippen LogP contribution in [0.15, 0.2) is 36.4 Å². The number of benzene rings is 2. The summed E-state index contributed by atoms with van der Waals surface area (Å²) in [5.41, 5.74) is 1.13. The highest BCUT2D eigenvalue weighted by molar-refractivity contribution is 7.96. The molecule has 2 atom stereocenters. The van der Waals surface area contributed by atoms with E-state index >= 15 is 0 Å².